The lowest BCUT2D eigenvalue weighted by molar-refractivity contribution is 0.102. The molecule has 0 unspecified atom stereocenters. The van der Waals surface area contributed by atoms with Gasteiger partial charge in [-0.3, -0.25) is 10.1 Å². The molecule has 1 amide bonds. The molecule has 5 heteroatoms. The minimum Gasteiger partial charge on any atom is -0.298 e. The highest BCUT2D eigenvalue weighted by Gasteiger charge is 2.13. The van der Waals surface area contributed by atoms with Gasteiger partial charge in [0, 0.05) is 16.0 Å². The number of benzene rings is 2. The first-order valence-corrected chi connectivity index (χ1v) is 7.96. The van der Waals surface area contributed by atoms with Gasteiger partial charge in [-0.25, -0.2) is 9.37 Å². The average molecular weight is 326 g/mol. The molecule has 0 saturated heterocycles. The minimum absolute atomic E-state index is 0.187. The molecule has 0 aliphatic rings. The second-order valence-corrected chi connectivity index (χ2v) is 6.46. The summed E-state index contributed by atoms with van der Waals surface area (Å²) in [5.74, 6) is -0.470. The molecule has 0 saturated carbocycles. The summed E-state index contributed by atoms with van der Waals surface area (Å²) in [6.07, 6.45) is 0. The van der Waals surface area contributed by atoms with Gasteiger partial charge in [0.1, 0.15) is 5.82 Å². The highest BCUT2D eigenvalue weighted by atomic mass is 32.1. The van der Waals surface area contributed by atoms with E-state index in [1.807, 2.05) is 32.0 Å². The lowest BCUT2D eigenvalue weighted by Gasteiger charge is -2.02. The van der Waals surface area contributed by atoms with E-state index in [9.17, 15) is 9.18 Å². The van der Waals surface area contributed by atoms with Crippen LogP contribution in [0.5, 0.6) is 0 Å². The Labute approximate surface area is 137 Å². The maximum absolute atomic E-state index is 13.0. The van der Waals surface area contributed by atoms with E-state index in [-0.39, 0.29) is 11.7 Å². The van der Waals surface area contributed by atoms with Crippen molar-refractivity contribution in [1.82, 2.24) is 4.98 Å². The van der Waals surface area contributed by atoms with E-state index in [1.54, 1.807) is 18.2 Å². The first-order chi connectivity index (χ1) is 11.0. The summed E-state index contributed by atoms with van der Waals surface area (Å²) in [5, 5.41) is 3.36. The highest BCUT2D eigenvalue weighted by molar-refractivity contribution is 7.16. The largest absolute Gasteiger partial charge is 0.298 e. The first-order valence-electron chi connectivity index (χ1n) is 7.14. The van der Waals surface area contributed by atoms with Crippen LogP contribution in [0.1, 0.15) is 20.8 Å². The van der Waals surface area contributed by atoms with Crippen LogP contribution < -0.4 is 5.32 Å². The molecular weight excluding hydrogens is 311 g/mol. The normalized spacial score (nSPS) is 10.6. The number of amides is 1. The Morgan fingerprint density at radius 3 is 2.57 bits per heavy atom. The van der Waals surface area contributed by atoms with Crippen molar-refractivity contribution in [2.24, 2.45) is 0 Å². The Morgan fingerprint density at radius 1 is 1.13 bits per heavy atom. The zero-order valence-corrected chi connectivity index (χ0v) is 13.6. The summed E-state index contributed by atoms with van der Waals surface area (Å²) in [5.41, 5.74) is 3.21. The zero-order chi connectivity index (χ0) is 16.4. The van der Waals surface area contributed by atoms with Crippen LogP contribution in [0, 0.1) is 19.7 Å². The molecule has 3 aromatic rings. The van der Waals surface area contributed by atoms with Crippen molar-refractivity contribution < 1.29 is 9.18 Å². The Bertz CT molecular complexity index is 856. The molecule has 0 aliphatic heterocycles. The Balaban J connectivity index is 1.83. The van der Waals surface area contributed by atoms with Gasteiger partial charge >= 0.3 is 0 Å². The molecule has 3 nitrogen and oxygen atoms in total. The Kier molecular flexibility index (Phi) is 4.21. The zero-order valence-electron chi connectivity index (χ0n) is 12.8. The Morgan fingerprint density at radius 2 is 1.87 bits per heavy atom. The van der Waals surface area contributed by atoms with Crippen molar-refractivity contribution in [3.8, 4) is 11.3 Å². The fraction of sp³-hybridized carbons (Fsp3) is 0.111. The monoisotopic (exact) mass is 326 g/mol. The van der Waals surface area contributed by atoms with Crippen LogP contribution in [0.15, 0.2) is 48.5 Å². The molecule has 116 valence electrons. The van der Waals surface area contributed by atoms with Gasteiger partial charge in [-0.1, -0.05) is 17.7 Å². The number of nitrogens with zero attached hydrogens (tertiary/aromatic N) is 1. The number of aryl methyl sites for hydroxylation is 2. The van der Waals surface area contributed by atoms with Gasteiger partial charge in [-0.15, -0.1) is 11.3 Å². The number of anilines is 1. The van der Waals surface area contributed by atoms with Crippen molar-refractivity contribution >= 4 is 22.4 Å². The molecule has 0 atom stereocenters. The van der Waals surface area contributed by atoms with Crippen LogP contribution in [0.25, 0.3) is 11.3 Å². The number of rotatable bonds is 3. The smallest absolute Gasteiger partial charge is 0.257 e. The Hall–Kier alpha value is -2.53. The second kappa shape index (κ2) is 6.30. The molecule has 0 spiro atoms. The standard InChI is InChI=1S/C18H15FN2OS/c1-11-4-3-5-14(10-11)17(22)21-18-20-16(12(2)23-18)13-6-8-15(19)9-7-13/h3-10H,1-2H3,(H,20,21,22). The summed E-state index contributed by atoms with van der Waals surface area (Å²) in [7, 11) is 0. The van der Waals surface area contributed by atoms with E-state index in [0.29, 0.717) is 10.7 Å². The van der Waals surface area contributed by atoms with Gasteiger partial charge in [-0.2, -0.15) is 0 Å². The summed E-state index contributed by atoms with van der Waals surface area (Å²) in [4.78, 5) is 17.7. The van der Waals surface area contributed by atoms with E-state index >= 15 is 0 Å². The lowest BCUT2D eigenvalue weighted by Crippen LogP contribution is -2.11. The second-order valence-electron chi connectivity index (χ2n) is 5.25. The van der Waals surface area contributed by atoms with E-state index in [1.165, 1.54) is 23.5 Å². The van der Waals surface area contributed by atoms with Crippen LogP contribution >= 0.6 is 11.3 Å². The van der Waals surface area contributed by atoms with Gasteiger partial charge in [0.05, 0.1) is 5.69 Å². The van der Waals surface area contributed by atoms with Crippen LogP contribution in [-0.4, -0.2) is 10.9 Å². The van der Waals surface area contributed by atoms with Gasteiger partial charge < -0.3 is 0 Å². The molecule has 2 aromatic carbocycles. The highest BCUT2D eigenvalue weighted by Crippen LogP contribution is 2.30. The summed E-state index contributed by atoms with van der Waals surface area (Å²) in [6.45, 7) is 3.87. The molecule has 1 aromatic heterocycles. The fourth-order valence-corrected chi connectivity index (χ4v) is 3.11. The third-order valence-corrected chi connectivity index (χ3v) is 4.30. The molecule has 0 radical (unpaired) electrons. The summed E-state index contributed by atoms with van der Waals surface area (Å²) >= 11 is 1.40. The summed E-state index contributed by atoms with van der Waals surface area (Å²) < 4.78 is 13.0. The van der Waals surface area contributed by atoms with E-state index in [0.717, 1.165) is 21.7 Å². The number of halogens is 1. The van der Waals surface area contributed by atoms with E-state index < -0.39 is 0 Å². The number of carbonyl (C=O) groups excluding carboxylic acids is 1. The maximum atomic E-state index is 13.0. The number of aromatic nitrogens is 1. The van der Waals surface area contributed by atoms with Gasteiger partial charge in [0.2, 0.25) is 0 Å². The minimum atomic E-state index is -0.283. The molecule has 0 aliphatic carbocycles. The molecule has 23 heavy (non-hydrogen) atoms. The number of hydrogen-bond donors (Lipinski definition) is 1. The van der Waals surface area contributed by atoms with Crippen LogP contribution in [0.4, 0.5) is 9.52 Å². The third-order valence-electron chi connectivity index (χ3n) is 3.41. The number of hydrogen-bond acceptors (Lipinski definition) is 3. The topological polar surface area (TPSA) is 42.0 Å². The molecule has 1 N–H and O–H groups in total. The molecule has 0 bridgehead atoms. The van der Waals surface area contributed by atoms with E-state index in [2.05, 4.69) is 10.3 Å². The van der Waals surface area contributed by atoms with Crippen LogP contribution in [0.2, 0.25) is 0 Å². The predicted octanol–water partition coefficient (Wildman–Crippen LogP) is 4.82. The van der Waals surface area contributed by atoms with Gasteiger partial charge in [0.25, 0.3) is 5.91 Å². The third kappa shape index (κ3) is 3.46. The molecule has 3 rings (SSSR count). The summed E-state index contributed by atoms with van der Waals surface area (Å²) in [6, 6.07) is 13.6. The molecule has 1 heterocycles. The quantitative estimate of drug-likeness (QED) is 0.750. The van der Waals surface area contributed by atoms with Crippen LogP contribution in [-0.2, 0) is 0 Å². The molecule has 0 fully saturated rings. The maximum Gasteiger partial charge on any atom is 0.257 e. The fourth-order valence-electron chi connectivity index (χ4n) is 2.28. The van der Waals surface area contributed by atoms with Crippen molar-refractivity contribution in [3.63, 3.8) is 0 Å². The van der Waals surface area contributed by atoms with Crippen LogP contribution in [0.3, 0.4) is 0 Å². The molecular formula is C18H15FN2OS. The number of nitrogens with one attached hydrogen (secondary N) is 1. The number of thiazole rings is 1. The lowest BCUT2D eigenvalue weighted by atomic mass is 10.1. The van der Waals surface area contributed by atoms with E-state index in [4.69, 9.17) is 0 Å². The van der Waals surface area contributed by atoms with Gasteiger partial charge in [0.15, 0.2) is 5.13 Å². The first kappa shape index (κ1) is 15.4. The predicted molar refractivity (Wildman–Crippen MR) is 91.4 cm³/mol. The van der Waals surface area contributed by atoms with Crippen molar-refractivity contribution in [2.75, 3.05) is 5.32 Å². The van der Waals surface area contributed by atoms with Crippen molar-refractivity contribution in [3.05, 3.63) is 70.4 Å². The van der Waals surface area contributed by atoms with Crippen molar-refractivity contribution in [2.45, 2.75) is 13.8 Å². The SMILES string of the molecule is Cc1cccc(C(=O)Nc2nc(-c3ccc(F)cc3)c(C)s2)c1. The van der Waals surface area contributed by atoms with Crippen molar-refractivity contribution in [1.29, 1.82) is 0 Å². The average Bonchev–Trinajstić information content (AvgIpc) is 2.88. The number of carbonyl (C=O) groups is 1. The van der Waals surface area contributed by atoms with Gasteiger partial charge in [-0.05, 0) is 50.2 Å².